The zero-order valence-corrected chi connectivity index (χ0v) is 16.0. The normalized spacial score (nSPS) is 40.5. The van der Waals surface area contributed by atoms with Gasteiger partial charge in [-0.05, 0) is 74.5 Å². The highest BCUT2D eigenvalue weighted by molar-refractivity contribution is 5.71. The quantitative estimate of drug-likeness (QED) is 0.653. The second-order valence-corrected chi connectivity index (χ2v) is 9.17. The number of carboxylic acid groups (broad SMARTS) is 1. The van der Waals surface area contributed by atoms with Crippen molar-refractivity contribution >= 4 is 5.97 Å². The van der Waals surface area contributed by atoms with Crippen LogP contribution in [0.4, 0.5) is 0 Å². The summed E-state index contributed by atoms with van der Waals surface area (Å²) in [6, 6.07) is 0. The predicted molar refractivity (Wildman–Crippen MR) is 96.3 cm³/mol. The third-order valence-corrected chi connectivity index (χ3v) is 7.56. The first-order valence-electron chi connectivity index (χ1n) is 9.49. The van der Waals surface area contributed by atoms with E-state index in [1.54, 1.807) is 0 Å². The summed E-state index contributed by atoms with van der Waals surface area (Å²) >= 11 is 0. The number of carbonyl (C=O) groups is 1. The lowest BCUT2D eigenvalue weighted by Gasteiger charge is -2.61. The van der Waals surface area contributed by atoms with Crippen molar-refractivity contribution in [3.63, 3.8) is 0 Å². The summed E-state index contributed by atoms with van der Waals surface area (Å²) in [6.45, 7) is 13.7. The second kappa shape index (κ2) is 6.61. The van der Waals surface area contributed by atoms with E-state index in [2.05, 4.69) is 47.6 Å². The van der Waals surface area contributed by atoms with Gasteiger partial charge in [0.1, 0.15) is 0 Å². The van der Waals surface area contributed by atoms with Crippen LogP contribution in [0.25, 0.3) is 0 Å². The summed E-state index contributed by atoms with van der Waals surface area (Å²) in [4.78, 5) is 12.1. The first kappa shape index (κ1) is 18.5. The zero-order valence-electron chi connectivity index (χ0n) is 16.0. The predicted octanol–water partition coefficient (Wildman–Crippen LogP) is 5.92. The van der Waals surface area contributed by atoms with Crippen LogP contribution >= 0.6 is 0 Å². The lowest BCUT2D eigenvalue weighted by Crippen LogP contribution is -2.57. The van der Waals surface area contributed by atoms with Crippen molar-refractivity contribution in [1.29, 1.82) is 0 Å². The van der Waals surface area contributed by atoms with Crippen molar-refractivity contribution in [2.75, 3.05) is 0 Å². The monoisotopic (exact) mass is 320 g/mol. The van der Waals surface area contributed by atoms with Gasteiger partial charge in [-0.15, -0.1) is 0 Å². The average Bonchev–Trinajstić information content (AvgIpc) is 2.44. The molecule has 0 bridgehead atoms. The number of aliphatic carboxylic acids is 1. The highest BCUT2D eigenvalue weighted by atomic mass is 16.4. The summed E-state index contributed by atoms with van der Waals surface area (Å²) < 4.78 is 0. The molecule has 132 valence electrons. The van der Waals surface area contributed by atoms with Gasteiger partial charge in [0.2, 0.25) is 0 Å². The van der Waals surface area contributed by atoms with Crippen LogP contribution < -0.4 is 0 Å². The van der Waals surface area contributed by atoms with Crippen molar-refractivity contribution in [1.82, 2.24) is 0 Å². The van der Waals surface area contributed by atoms with Gasteiger partial charge in [-0.2, -0.15) is 0 Å². The highest BCUT2D eigenvalue weighted by Gasteiger charge is 2.59. The molecule has 5 atom stereocenters. The van der Waals surface area contributed by atoms with Crippen LogP contribution in [0.3, 0.4) is 0 Å². The molecule has 2 aliphatic carbocycles. The van der Waals surface area contributed by atoms with E-state index in [0.29, 0.717) is 17.8 Å². The van der Waals surface area contributed by atoms with E-state index in [4.69, 9.17) is 0 Å². The van der Waals surface area contributed by atoms with Gasteiger partial charge in [-0.1, -0.05) is 45.8 Å². The van der Waals surface area contributed by atoms with E-state index >= 15 is 0 Å². The van der Waals surface area contributed by atoms with E-state index < -0.39 is 5.97 Å². The number of allylic oxidation sites excluding steroid dienone is 2. The Labute approximate surface area is 142 Å². The number of carboxylic acids is 1. The molecule has 0 aromatic rings. The molecule has 2 aliphatic rings. The zero-order chi connectivity index (χ0) is 17.4. The summed E-state index contributed by atoms with van der Waals surface area (Å²) in [5, 5.41) is 9.93. The molecule has 0 aromatic carbocycles. The van der Waals surface area contributed by atoms with Crippen LogP contribution in [0.1, 0.15) is 80.1 Å². The Morgan fingerprint density at radius 1 is 1.22 bits per heavy atom. The molecular formula is C21H36O2. The van der Waals surface area contributed by atoms with Crippen molar-refractivity contribution < 1.29 is 9.90 Å². The van der Waals surface area contributed by atoms with Gasteiger partial charge in [0.15, 0.2) is 0 Å². The van der Waals surface area contributed by atoms with Crippen LogP contribution in [0.15, 0.2) is 11.6 Å². The van der Waals surface area contributed by atoms with Crippen LogP contribution in [0, 0.1) is 34.5 Å². The van der Waals surface area contributed by atoms with E-state index in [-0.39, 0.29) is 16.7 Å². The molecular weight excluding hydrogens is 284 g/mol. The number of rotatable bonds is 4. The molecule has 0 heterocycles. The van der Waals surface area contributed by atoms with Crippen LogP contribution in [-0.2, 0) is 4.79 Å². The highest BCUT2D eigenvalue weighted by Crippen LogP contribution is 2.64. The van der Waals surface area contributed by atoms with Gasteiger partial charge in [0.25, 0.3) is 0 Å². The fraction of sp³-hybridized carbons (Fsp3) is 0.857. The van der Waals surface area contributed by atoms with Crippen molar-refractivity contribution in [2.45, 2.75) is 80.1 Å². The van der Waals surface area contributed by atoms with E-state index in [1.807, 2.05) is 0 Å². The van der Waals surface area contributed by atoms with Gasteiger partial charge in [-0.25, -0.2) is 0 Å². The SMILES string of the molecule is CC=C(C)CC[C@H]1[C@@H](C)CC[C@H]2C(C)(C)CCC(C(=O)O)[C@]12C. The van der Waals surface area contributed by atoms with E-state index in [0.717, 1.165) is 25.7 Å². The summed E-state index contributed by atoms with van der Waals surface area (Å²) in [5.41, 5.74) is 1.65. The maximum absolute atomic E-state index is 12.1. The van der Waals surface area contributed by atoms with Crippen LogP contribution in [0.5, 0.6) is 0 Å². The molecule has 2 saturated carbocycles. The number of hydrogen-bond acceptors (Lipinski definition) is 1. The molecule has 1 unspecified atom stereocenters. The molecule has 2 nitrogen and oxygen atoms in total. The maximum Gasteiger partial charge on any atom is 0.307 e. The van der Waals surface area contributed by atoms with Crippen LogP contribution in [-0.4, -0.2) is 11.1 Å². The Morgan fingerprint density at radius 2 is 1.87 bits per heavy atom. The minimum Gasteiger partial charge on any atom is -0.481 e. The molecule has 0 aliphatic heterocycles. The topological polar surface area (TPSA) is 37.3 Å². The third kappa shape index (κ3) is 3.23. The molecule has 1 N–H and O–H groups in total. The summed E-state index contributed by atoms with van der Waals surface area (Å²) in [6.07, 6.45) is 8.82. The largest absolute Gasteiger partial charge is 0.481 e. The van der Waals surface area contributed by atoms with Gasteiger partial charge in [-0.3, -0.25) is 4.79 Å². The lowest BCUT2D eigenvalue weighted by atomic mass is 9.43. The third-order valence-electron chi connectivity index (χ3n) is 7.56. The van der Waals surface area contributed by atoms with Crippen molar-refractivity contribution in [2.24, 2.45) is 34.5 Å². The van der Waals surface area contributed by atoms with Crippen LogP contribution in [0.2, 0.25) is 0 Å². The van der Waals surface area contributed by atoms with E-state index in [9.17, 15) is 9.90 Å². The maximum atomic E-state index is 12.1. The standard InChI is InChI=1S/C21H36O2/c1-7-14(2)8-10-16-15(3)9-11-18-20(4,5)13-12-17(19(22)23)21(16,18)6/h7,15-18H,8-13H2,1-6H3,(H,22,23)/t15-,16-,17?,18-,21-/m0/s1. The lowest BCUT2D eigenvalue weighted by molar-refractivity contribution is -0.173. The number of hydrogen-bond donors (Lipinski definition) is 1. The Morgan fingerprint density at radius 3 is 2.43 bits per heavy atom. The number of fused-ring (bicyclic) bond motifs is 1. The first-order chi connectivity index (χ1) is 10.6. The van der Waals surface area contributed by atoms with Crippen molar-refractivity contribution in [3.05, 3.63) is 11.6 Å². The molecule has 0 radical (unpaired) electrons. The van der Waals surface area contributed by atoms with E-state index in [1.165, 1.54) is 18.4 Å². The molecule has 0 aromatic heterocycles. The Kier molecular flexibility index (Phi) is 5.33. The molecule has 0 amide bonds. The Balaban J connectivity index is 2.39. The fourth-order valence-corrected chi connectivity index (χ4v) is 6.06. The minimum atomic E-state index is -0.560. The smallest absolute Gasteiger partial charge is 0.307 e. The molecule has 0 saturated heterocycles. The summed E-state index contributed by atoms with van der Waals surface area (Å²) in [5.74, 6) is 0.972. The molecule has 2 rings (SSSR count). The minimum absolute atomic E-state index is 0.0563. The van der Waals surface area contributed by atoms with Crippen molar-refractivity contribution in [3.8, 4) is 0 Å². The summed E-state index contributed by atoms with van der Waals surface area (Å²) in [7, 11) is 0. The fourth-order valence-electron chi connectivity index (χ4n) is 6.06. The average molecular weight is 321 g/mol. The molecule has 2 fully saturated rings. The van der Waals surface area contributed by atoms with Gasteiger partial charge in [0.05, 0.1) is 5.92 Å². The molecule has 23 heavy (non-hydrogen) atoms. The van der Waals surface area contributed by atoms with Gasteiger partial charge < -0.3 is 5.11 Å². The Hall–Kier alpha value is -0.790. The molecule has 2 heteroatoms. The first-order valence-corrected chi connectivity index (χ1v) is 9.49. The Bertz CT molecular complexity index is 476. The molecule has 0 spiro atoms. The van der Waals surface area contributed by atoms with Gasteiger partial charge in [0, 0.05) is 0 Å². The second-order valence-electron chi connectivity index (χ2n) is 9.17. The van der Waals surface area contributed by atoms with Gasteiger partial charge >= 0.3 is 5.97 Å².